The van der Waals surface area contributed by atoms with Crippen LogP contribution in [0, 0.1) is 0 Å². The maximum Gasteiger partial charge on any atom is 0.252 e. The zero-order valence-corrected chi connectivity index (χ0v) is 16.1. The van der Waals surface area contributed by atoms with Crippen LogP contribution in [-0.4, -0.2) is 43.8 Å². The minimum atomic E-state index is -3.42. The van der Waals surface area contributed by atoms with Crippen molar-refractivity contribution in [3.63, 3.8) is 0 Å². The van der Waals surface area contributed by atoms with E-state index < -0.39 is 10.0 Å². The Morgan fingerprint density at radius 1 is 1.16 bits per heavy atom. The van der Waals surface area contributed by atoms with Crippen LogP contribution >= 0.6 is 11.3 Å². The summed E-state index contributed by atoms with van der Waals surface area (Å²) in [5.41, 5.74) is 5.59. The van der Waals surface area contributed by atoms with Gasteiger partial charge in [-0.3, -0.25) is 4.79 Å². The zero-order valence-electron chi connectivity index (χ0n) is 14.5. The van der Waals surface area contributed by atoms with Crippen LogP contribution in [0.1, 0.15) is 49.8 Å². The Balaban J connectivity index is 1.64. The van der Waals surface area contributed by atoms with Crippen molar-refractivity contribution in [1.29, 1.82) is 0 Å². The number of hydrogen-bond acceptors (Lipinski definition) is 5. The van der Waals surface area contributed by atoms with E-state index in [4.69, 9.17) is 5.73 Å². The lowest BCUT2D eigenvalue weighted by Gasteiger charge is -2.28. The molecule has 2 heterocycles. The molecular formula is C17H27N3O3S2. The van der Waals surface area contributed by atoms with Crippen molar-refractivity contribution >= 4 is 27.3 Å². The van der Waals surface area contributed by atoms with Gasteiger partial charge in [-0.25, -0.2) is 8.42 Å². The van der Waals surface area contributed by atoms with Crippen molar-refractivity contribution < 1.29 is 13.2 Å². The number of amides is 1. The third kappa shape index (κ3) is 4.24. The van der Waals surface area contributed by atoms with Crippen LogP contribution in [0.3, 0.4) is 0 Å². The van der Waals surface area contributed by atoms with E-state index in [1.807, 2.05) is 0 Å². The van der Waals surface area contributed by atoms with E-state index in [0.29, 0.717) is 23.8 Å². The van der Waals surface area contributed by atoms with Crippen LogP contribution in [0.2, 0.25) is 0 Å². The van der Waals surface area contributed by atoms with Crippen molar-refractivity contribution in [2.75, 3.05) is 19.6 Å². The molecule has 2 fully saturated rings. The molecule has 2 aliphatic rings. The fraction of sp³-hybridized carbons (Fsp3) is 0.706. The van der Waals surface area contributed by atoms with Gasteiger partial charge in [0, 0.05) is 24.5 Å². The van der Waals surface area contributed by atoms with Crippen LogP contribution in [0.25, 0.3) is 0 Å². The van der Waals surface area contributed by atoms with Crippen LogP contribution in [0.4, 0.5) is 0 Å². The van der Waals surface area contributed by atoms with Crippen LogP contribution < -0.4 is 11.1 Å². The summed E-state index contributed by atoms with van der Waals surface area (Å²) in [6.45, 7) is 1.64. The number of nitrogens with one attached hydrogen (secondary N) is 1. The molecule has 140 valence electrons. The first-order valence-electron chi connectivity index (χ1n) is 9.05. The van der Waals surface area contributed by atoms with Gasteiger partial charge in [-0.05, 0) is 37.8 Å². The van der Waals surface area contributed by atoms with Gasteiger partial charge in [-0.1, -0.05) is 19.3 Å². The molecule has 6 nitrogen and oxygen atoms in total. The van der Waals surface area contributed by atoms with E-state index in [9.17, 15) is 13.2 Å². The van der Waals surface area contributed by atoms with E-state index in [1.54, 1.807) is 16.4 Å². The second-order valence-electron chi connectivity index (χ2n) is 7.10. The molecule has 25 heavy (non-hydrogen) atoms. The summed E-state index contributed by atoms with van der Waals surface area (Å²) in [5.74, 6) is -0.0730. The van der Waals surface area contributed by atoms with Gasteiger partial charge in [-0.2, -0.15) is 4.31 Å². The molecule has 3 N–H and O–H groups in total. The maximum absolute atomic E-state index is 12.7. The fourth-order valence-corrected chi connectivity index (χ4v) is 6.78. The van der Waals surface area contributed by atoms with Gasteiger partial charge in [0.25, 0.3) is 10.0 Å². The molecule has 1 aromatic rings. The topological polar surface area (TPSA) is 92.5 Å². The van der Waals surface area contributed by atoms with E-state index in [-0.39, 0.29) is 17.9 Å². The monoisotopic (exact) mass is 385 g/mol. The predicted octanol–water partition coefficient (Wildman–Crippen LogP) is 1.85. The highest BCUT2D eigenvalue weighted by Crippen LogP contribution is 2.30. The molecule has 0 bridgehead atoms. The summed E-state index contributed by atoms with van der Waals surface area (Å²) in [4.78, 5) is 13.1. The third-order valence-corrected chi connectivity index (χ3v) is 8.69. The normalized spacial score (nSPS) is 21.3. The number of hydrogen-bond donors (Lipinski definition) is 2. The Hall–Kier alpha value is -0.960. The van der Waals surface area contributed by atoms with Crippen molar-refractivity contribution in [2.45, 2.75) is 61.1 Å². The zero-order chi connectivity index (χ0) is 17.9. The van der Waals surface area contributed by atoms with Crippen LogP contribution in [-0.2, 0) is 21.2 Å². The molecule has 1 aliphatic carbocycles. The Bertz CT molecular complexity index is 702. The van der Waals surface area contributed by atoms with Crippen molar-refractivity contribution in [3.8, 4) is 0 Å². The highest BCUT2D eigenvalue weighted by atomic mass is 32.2. The summed E-state index contributed by atoms with van der Waals surface area (Å²) in [7, 11) is -3.42. The first-order valence-corrected chi connectivity index (χ1v) is 11.3. The molecule has 1 aliphatic heterocycles. The smallest absolute Gasteiger partial charge is 0.252 e. The quantitative estimate of drug-likeness (QED) is 0.782. The van der Waals surface area contributed by atoms with Gasteiger partial charge >= 0.3 is 0 Å². The second kappa shape index (κ2) is 7.73. The largest absolute Gasteiger partial charge is 0.349 e. The molecule has 1 amide bonds. The number of carbonyl (C=O) groups is 1. The molecule has 0 unspecified atom stereocenters. The highest BCUT2D eigenvalue weighted by Gasteiger charge is 2.34. The number of piperidine rings is 1. The first kappa shape index (κ1) is 18.8. The lowest BCUT2D eigenvalue weighted by Crippen LogP contribution is -2.52. The van der Waals surface area contributed by atoms with Gasteiger partial charge < -0.3 is 11.1 Å². The summed E-state index contributed by atoms with van der Waals surface area (Å²) < 4.78 is 27.3. The van der Waals surface area contributed by atoms with Crippen LogP contribution in [0.5, 0.6) is 0 Å². The SMILES string of the molecule is NCC1(NC(=O)Cc2ccc(S(=O)(=O)N3CCCCC3)s2)CCCC1. The van der Waals surface area contributed by atoms with Gasteiger partial charge in [0.05, 0.1) is 12.0 Å². The number of carbonyl (C=O) groups excluding carboxylic acids is 1. The number of nitrogens with two attached hydrogens (primary N) is 1. The highest BCUT2D eigenvalue weighted by molar-refractivity contribution is 7.91. The molecule has 0 radical (unpaired) electrons. The third-order valence-electron chi connectivity index (χ3n) is 5.24. The molecule has 0 aromatic carbocycles. The average Bonchev–Trinajstić information content (AvgIpc) is 3.26. The second-order valence-corrected chi connectivity index (χ2v) is 10.4. The lowest BCUT2D eigenvalue weighted by atomic mass is 9.97. The van der Waals surface area contributed by atoms with Crippen LogP contribution in [0.15, 0.2) is 16.3 Å². The van der Waals surface area contributed by atoms with Gasteiger partial charge in [0.15, 0.2) is 0 Å². The maximum atomic E-state index is 12.7. The Morgan fingerprint density at radius 2 is 1.84 bits per heavy atom. The summed E-state index contributed by atoms with van der Waals surface area (Å²) in [6, 6.07) is 3.39. The minimum absolute atomic E-state index is 0.0730. The minimum Gasteiger partial charge on any atom is -0.349 e. The standard InChI is InChI=1S/C17H27N3O3S2/c18-13-17(8-2-3-9-17)19-15(21)12-14-6-7-16(24-14)25(22,23)20-10-4-1-5-11-20/h6-7H,1-5,8-13,18H2,(H,19,21). The Labute approximate surface area is 153 Å². The molecule has 1 aromatic heterocycles. The molecule has 0 atom stereocenters. The van der Waals surface area contributed by atoms with Crippen molar-refractivity contribution in [1.82, 2.24) is 9.62 Å². The fourth-order valence-electron chi connectivity index (χ4n) is 3.75. The summed E-state index contributed by atoms with van der Waals surface area (Å²) in [5, 5.41) is 3.08. The molecule has 0 spiro atoms. The summed E-state index contributed by atoms with van der Waals surface area (Å²) >= 11 is 1.20. The molecule has 1 saturated heterocycles. The average molecular weight is 386 g/mol. The predicted molar refractivity (Wildman–Crippen MR) is 99.0 cm³/mol. The Morgan fingerprint density at radius 3 is 2.48 bits per heavy atom. The van der Waals surface area contributed by atoms with Crippen molar-refractivity contribution in [3.05, 3.63) is 17.0 Å². The van der Waals surface area contributed by atoms with Gasteiger partial charge in [-0.15, -0.1) is 11.3 Å². The number of rotatable bonds is 6. The van der Waals surface area contributed by atoms with Gasteiger partial charge in [0.1, 0.15) is 4.21 Å². The van der Waals surface area contributed by atoms with E-state index in [1.165, 1.54) is 11.3 Å². The molecule has 8 heteroatoms. The lowest BCUT2D eigenvalue weighted by molar-refractivity contribution is -0.122. The summed E-state index contributed by atoms with van der Waals surface area (Å²) in [6.07, 6.45) is 7.17. The van der Waals surface area contributed by atoms with E-state index >= 15 is 0 Å². The Kier molecular flexibility index (Phi) is 5.82. The first-order chi connectivity index (χ1) is 12.0. The van der Waals surface area contributed by atoms with Crippen molar-refractivity contribution in [2.24, 2.45) is 5.73 Å². The van der Waals surface area contributed by atoms with E-state index in [0.717, 1.165) is 49.8 Å². The van der Waals surface area contributed by atoms with Gasteiger partial charge in [0.2, 0.25) is 5.91 Å². The number of nitrogens with zero attached hydrogens (tertiary/aromatic N) is 1. The number of thiophene rings is 1. The van der Waals surface area contributed by atoms with E-state index in [2.05, 4.69) is 5.32 Å². The molecule has 1 saturated carbocycles. The number of sulfonamides is 1. The molecular weight excluding hydrogens is 358 g/mol. The molecule has 3 rings (SSSR count).